The fraction of sp³-hybridized carbons (Fsp3) is 0.429. The van der Waals surface area contributed by atoms with Crippen molar-refractivity contribution < 1.29 is 14.3 Å². The van der Waals surface area contributed by atoms with Crippen molar-refractivity contribution in [3.63, 3.8) is 0 Å². The third-order valence-corrected chi connectivity index (χ3v) is 3.37. The second kappa shape index (κ2) is 4.34. The van der Waals surface area contributed by atoms with Gasteiger partial charge in [-0.15, -0.1) is 0 Å². The highest BCUT2D eigenvalue weighted by Crippen LogP contribution is 2.48. The molecule has 18 heavy (non-hydrogen) atoms. The molecule has 2 rings (SSSR count). The second-order valence-corrected chi connectivity index (χ2v) is 4.55. The van der Waals surface area contributed by atoms with Crippen molar-refractivity contribution in [2.24, 2.45) is 5.41 Å². The molecular weight excluding hydrogens is 230 g/mol. The van der Waals surface area contributed by atoms with E-state index in [1.165, 1.54) is 7.11 Å². The molecule has 0 unspecified atom stereocenters. The van der Waals surface area contributed by atoms with Crippen LogP contribution in [0.1, 0.15) is 28.8 Å². The van der Waals surface area contributed by atoms with E-state index in [1.54, 1.807) is 19.2 Å². The Bertz CT molecular complexity index is 539. The van der Waals surface area contributed by atoms with E-state index in [2.05, 4.69) is 6.07 Å². The number of methoxy groups -OCH3 is 2. The Morgan fingerprint density at radius 2 is 1.83 bits per heavy atom. The Morgan fingerprint density at radius 3 is 2.28 bits per heavy atom. The monoisotopic (exact) mass is 245 g/mol. The summed E-state index contributed by atoms with van der Waals surface area (Å²) in [5.74, 6) is 0.997. The minimum absolute atomic E-state index is 0.108. The van der Waals surface area contributed by atoms with Crippen LogP contribution in [-0.4, -0.2) is 20.0 Å². The third-order valence-electron chi connectivity index (χ3n) is 3.37. The van der Waals surface area contributed by atoms with Gasteiger partial charge in [-0.2, -0.15) is 5.26 Å². The highest BCUT2D eigenvalue weighted by molar-refractivity contribution is 6.05. The van der Waals surface area contributed by atoms with E-state index in [4.69, 9.17) is 14.7 Å². The maximum atomic E-state index is 12.3. The van der Waals surface area contributed by atoms with Crippen molar-refractivity contribution in [1.82, 2.24) is 0 Å². The maximum Gasteiger partial charge on any atom is 0.183 e. The first kappa shape index (κ1) is 12.4. The first-order valence-electron chi connectivity index (χ1n) is 5.76. The summed E-state index contributed by atoms with van der Waals surface area (Å²) in [5.41, 5.74) is 0.551. The molecule has 1 aliphatic carbocycles. The lowest BCUT2D eigenvalue weighted by Crippen LogP contribution is -2.15. The highest BCUT2D eigenvalue weighted by Gasteiger charge is 2.51. The van der Waals surface area contributed by atoms with Crippen molar-refractivity contribution in [3.05, 3.63) is 23.3 Å². The van der Waals surface area contributed by atoms with Gasteiger partial charge in [-0.05, 0) is 37.5 Å². The fourth-order valence-electron chi connectivity index (χ4n) is 2.00. The number of ether oxygens (including phenoxy) is 2. The average Bonchev–Trinajstić information content (AvgIpc) is 3.18. The van der Waals surface area contributed by atoms with E-state index in [1.807, 2.05) is 6.92 Å². The van der Waals surface area contributed by atoms with Gasteiger partial charge in [0, 0.05) is 5.56 Å². The van der Waals surface area contributed by atoms with E-state index in [9.17, 15) is 4.79 Å². The van der Waals surface area contributed by atoms with Gasteiger partial charge in [-0.1, -0.05) is 0 Å². The predicted octanol–water partition coefficient (Wildman–Crippen LogP) is 2.50. The predicted molar refractivity (Wildman–Crippen MR) is 65.9 cm³/mol. The van der Waals surface area contributed by atoms with Crippen LogP contribution < -0.4 is 9.47 Å². The number of aryl methyl sites for hydroxylation is 1. The van der Waals surface area contributed by atoms with Crippen LogP contribution in [0.4, 0.5) is 0 Å². The van der Waals surface area contributed by atoms with Crippen LogP contribution in [0.25, 0.3) is 0 Å². The molecule has 4 nitrogen and oxygen atoms in total. The van der Waals surface area contributed by atoms with Crippen LogP contribution in [-0.2, 0) is 0 Å². The van der Waals surface area contributed by atoms with Gasteiger partial charge in [0.15, 0.2) is 17.3 Å². The summed E-state index contributed by atoms with van der Waals surface area (Å²) in [6.07, 6.45) is 1.30. The molecule has 1 aromatic rings. The Morgan fingerprint density at radius 1 is 1.28 bits per heavy atom. The summed E-state index contributed by atoms with van der Waals surface area (Å²) >= 11 is 0. The minimum atomic E-state index is -0.801. The molecule has 1 aliphatic rings. The van der Waals surface area contributed by atoms with Crippen molar-refractivity contribution in [3.8, 4) is 17.6 Å². The summed E-state index contributed by atoms with van der Waals surface area (Å²) in [6, 6.07) is 5.55. The van der Waals surface area contributed by atoms with Crippen LogP contribution in [0.15, 0.2) is 12.1 Å². The van der Waals surface area contributed by atoms with Gasteiger partial charge in [0.05, 0.1) is 20.3 Å². The molecule has 4 heteroatoms. The van der Waals surface area contributed by atoms with E-state index in [-0.39, 0.29) is 5.78 Å². The maximum absolute atomic E-state index is 12.3. The van der Waals surface area contributed by atoms with Crippen LogP contribution >= 0.6 is 0 Å². The quantitative estimate of drug-likeness (QED) is 0.765. The van der Waals surface area contributed by atoms with Crippen molar-refractivity contribution in [1.29, 1.82) is 5.26 Å². The SMILES string of the molecule is COc1cc(C)c(C(=O)C2(C#N)CC2)cc1OC. The standard InChI is InChI=1S/C14H15NO3/c1-9-6-11(17-2)12(18-3)7-10(9)13(16)14(8-15)4-5-14/h6-7H,4-5H2,1-3H3. The average molecular weight is 245 g/mol. The van der Waals surface area contributed by atoms with Gasteiger partial charge in [-0.25, -0.2) is 0 Å². The topological polar surface area (TPSA) is 59.3 Å². The second-order valence-electron chi connectivity index (χ2n) is 4.55. The lowest BCUT2D eigenvalue weighted by Gasteiger charge is -2.13. The smallest absolute Gasteiger partial charge is 0.183 e. The molecule has 0 amide bonds. The number of rotatable bonds is 4. The zero-order chi connectivity index (χ0) is 13.3. The van der Waals surface area contributed by atoms with Gasteiger partial charge in [0.25, 0.3) is 0 Å². The van der Waals surface area contributed by atoms with Gasteiger partial charge in [0.2, 0.25) is 0 Å². The molecule has 0 aromatic heterocycles. The van der Waals surface area contributed by atoms with Gasteiger partial charge in [0.1, 0.15) is 5.41 Å². The lowest BCUT2D eigenvalue weighted by molar-refractivity contribution is 0.0933. The number of hydrogen-bond acceptors (Lipinski definition) is 4. The summed E-state index contributed by atoms with van der Waals surface area (Å²) in [6.45, 7) is 1.84. The molecule has 0 saturated heterocycles. The molecule has 0 atom stereocenters. The van der Waals surface area contributed by atoms with Crippen LogP contribution in [0.3, 0.4) is 0 Å². The molecule has 0 radical (unpaired) electrons. The van der Waals surface area contributed by atoms with E-state index < -0.39 is 5.41 Å². The number of carbonyl (C=O) groups is 1. The molecule has 0 aliphatic heterocycles. The zero-order valence-corrected chi connectivity index (χ0v) is 10.7. The molecule has 0 N–H and O–H groups in total. The Balaban J connectivity index is 2.46. The number of ketones is 1. The van der Waals surface area contributed by atoms with Crippen molar-refractivity contribution in [2.75, 3.05) is 14.2 Å². The normalized spacial score (nSPS) is 15.7. The number of hydrogen-bond donors (Lipinski definition) is 0. The number of nitrogens with zero attached hydrogens (tertiary/aromatic N) is 1. The number of carbonyl (C=O) groups excluding carboxylic acids is 1. The molecular formula is C14H15NO3. The molecule has 0 spiro atoms. The molecule has 1 aromatic carbocycles. The molecule has 0 bridgehead atoms. The Labute approximate surface area is 106 Å². The minimum Gasteiger partial charge on any atom is -0.493 e. The van der Waals surface area contributed by atoms with Crippen molar-refractivity contribution >= 4 is 5.78 Å². The number of benzene rings is 1. The molecule has 94 valence electrons. The van der Waals surface area contributed by atoms with Crippen LogP contribution in [0.2, 0.25) is 0 Å². The van der Waals surface area contributed by atoms with Gasteiger partial charge >= 0.3 is 0 Å². The van der Waals surface area contributed by atoms with Crippen LogP contribution in [0, 0.1) is 23.7 Å². The third kappa shape index (κ3) is 1.82. The Kier molecular flexibility index (Phi) is 3.00. The van der Waals surface area contributed by atoms with E-state index >= 15 is 0 Å². The molecule has 1 fully saturated rings. The van der Waals surface area contributed by atoms with E-state index in [0.717, 1.165) is 5.56 Å². The Hall–Kier alpha value is -2.02. The molecule has 1 saturated carbocycles. The largest absolute Gasteiger partial charge is 0.493 e. The van der Waals surface area contributed by atoms with Gasteiger partial charge < -0.3 is 9.47 Å². The number of Topliss-reactive ketones (excluding diaryl/α,β-unsaturated/α-hetero) is 1. The summed E-state index contributed by atoms with van der Waals surface area (Å²) in [7, 11) is 3.08. The van der Waals surface area contributed by atoms with Crippen LogP contribution in [0.5, 0.6) is 11.5 Å². The van der Waals surface area contributed by atoms with Gasteiger partial charge in [-0.3, -0.25) is 4.79 Å². The summed E-state index contributed by atoms with van der Waals surface area (Å²) < 4.78 is 10.4. The molecule has 0 heterocycles. The summed E-state index contributed by atoms with van der Waals surface area (Å²) in [5, 5.41) is 9.08. The number of nitriles is 1. The zero-order valence-electron chi connectivity index (χ0n) is 10.7. The highest BCUT2D eigenvalue weighted by atomic mass is 16.5. The lowest BCUT2D eigenvalue weighted by atomic mass is 9.93. The summed E-state index contributed by atoms with van der Waals surface area (Å²) in [4.78, 5) is 12.3. The van der Waals surface area contributed by atoms with Crippen molar-refractivity contribution in [2.45, 2.75) is 19.8 Å². The fourth-order valence-corrected chi connectivity index (χ4v) is 2.00. The van der Waals surface area contributed by atoms with E-state index in [0.29, 0.717) is 29.9 Å². The first-order valence-corrected chi connectivity index (χ1v) is 5.76. The first-order chi connectivity index (χ1) is 8.57.